The van der Waals surface area contributed by atoms with Crippen LogP contribution in [0.15, 0.2) is 47.8 Å². The highest BCUT2D eigenvalue weighted by atomic mass is 32.1. The summed E-state index contributed by atoms with van der Waals surface area (Å²) in [5.41, 5.74) is 1.95. The first kappa shape index (κ1) is 15.3. The van der Waals surface area contributed by atoms with Crippen LogP contribution in [-0.2, 0) is 0 Å². The lowest BCUT2D eigenvalue weighted by atomic mass is 10.1. The number of thiazole rings is 1. The van der Waals surface area contributed by atoms with Crippen molar-refractivity contribution in [3.05, 3.63) is 70.1 Å². The fraction of sp³-hybridized carbons (Fsp3) is 0.0588. The van der Waals surface area contributed by atoms with E-state index in [0.29, 0.717) is 5.69 Å². The van der Waals surface area contributed by atoms with Crippen molar-refractivity contribution in [2.75, 3.05) is 5.32 Å². The standard InChI is InChI=1S/C17H12F2N2OS/c1-10-20-16(9-23-10)11-2-5-13(6-3-11)21-17(22)14-8-12(18)4-7-15(14)19/h2-9H,1H3,(H,21,22). The maximum Gasteiger partial charge on any atom is 0.258 e. The lowest BCUT2D eigenvalue weighted by Crippen LogP contribution is -2.14. The summed E-state index contributed by atoms with van der Waals surface area (Å²) in [6.45, 7) is 1.93. The maximum atomic E-state index is 13.6. The molecule has 0 saturated carbocycles. The minimum Gasteiger partial charge on any atom is -0.322 e. The van der Waals surface area contributed by atoms with E-state index in [0.717, 1.165) is 34.5 Å². The van der Waals surface area contributed by atoms with Crippen molar-refractivity contribution in [3.63, 3.8) is 0 Å². The molecule has 0 spiro atoms. The van der Waals surface area contributed by atoms with Crippen molar-refractivity contribution < 1.29 is 13.6 Å². The highest BCUT2D eigenvalue weighted by molar-refractivity contribution is 7.09. The predicted octanol–water partition coefficient (Wildman–Crippen LogP) is 4.65. The number of benzene rings is 2. The van der Waals surface area contributed by atoms with Crippen molar-refractivity contribution in [1.29, 1.82) is 0 Å². The molecule has 1 amide bonds. The summed E-state index contributed by atoms with van der Waals surface area (Å²) in [5.74, 6) is -2.12. The van der Waals surface area contributed by atoms with Crippen LogP contribution >= 0.6 is 11.3 Å². The molecule has 1 heterocycles. The minimum absolute atomic E-state index is 0.329. The topological polar surface area (TPSA) is 42.0 Å². The molecule has 0 unspecified atom stereocenters. The largest absolute Gasteiger partial charge is 0.322 e. The molecule has 0 aliphatic carbocycles. The third-order valence-corrected chi connectivity index (χ3v) is 4.00. The van der Waals surface area contributed by atoms with Gasteiger partial charge in [0.05, 0.1) is 16.3 Å². The van der Waals surface area contributed by atoms with E-state index in [-0.39, 0.29) is 5.56 Å². The molecule has 3 aromatic rings. The van der Waals surface area contributed by atoms with Crippen LogP contribution in [-0.4, -0.2) is 10.9 Å². The highest BCUT2D eigenvalue weighted by Crippen LogP contribution is 2.23. The maximum absolute atomic E-state index is 13.6. The molecule has 0 aliphatic rings. The molecule has 23 heavy (non-hydrogen) atoms. The van der Waals surface area contributed by atoms with Crippen molar-refractivity contribution >= 4 is 22.9 Å². The number of carbonyl (C=O) groups is 1. The quantitative estimate of drug-likeness (QED) is 0.759. The Labute approximate surface area is 135 Å². The zero-order chi connectivity index (χ0) is 16.4. The molecule has 1 N–H and O–H groups in total. The Balaban J connectivity index is 1.78. The van der Waals surface area contributed by atoms with E-state index in [1.165, 1.54) is 0 Å². The summed E-state index contributed by atoms with van der Waals surface area (Å²) in [6.07, 6.45) is 0. The van der Waals surface area contributed by atoms with E-state index in [1.807, 2.05) is 24.4 Å². The Morgan fingerprint density at radius 1 is 1.13 bits per heavy atom. The fourth-order valence-electron chi connectivity index (χ4n) is 2.09. The molecule has 0 saturated heterocycles. The van der Waals surface area contributed by atoms with Gasteiger partial charge in [-0.1, -0.05) is 12.1 Å². The first-order chi connectivity index (χ1) is 11.0. The Kier molecular flexibility index (Phi) is 4.16. The van der Waals surface area contributed by atoms with Gasteiger partial charge in [-0.05, 0) is 37.3 Å². The van der Waals surface area contributed by atoms with Crippen molar-refractivity contribution in [2.24, 2.45) is 0 Å². The van der Waals surface area contributed by atoms with Gasteiger partial charge in [-0.2, -0.15) is 0 Å². The molecule has 1 aromatic heterocycles. The van der Waals surface area contributed by atoms with Gasteiger partial charge < -0.3 is 5.32 Å². The number of nitrogens with one attached hydrogen (secondary N) is 1. The molecule has 6 heteroatoms. The molecule has 116 valence electrons. The molecule has 2 aromatic carbocycles. The van der Waals surface area contributed by atoms with Crippen LogP contribution < -0.4 is 5.32 Å². The minimum atomic E-state index is -0.765. The first-order valence-electron chi connectivity index (χ1n) is 6.82. The number of aromatic nitrogens is 1. The number of anilines is 1. The third-order valence-electron chi connectivity index (χ3n) is 3.23. The van der Waals surface area contributed by atoms with E-state index in [9.17, 15) is 13.6 Å². The molecule has 0 atom stereocenters. The molecule has 0 bridgehead atoms. The summed E-state index contributed by atoms with van der Waals surface area (Å²) < 4.78 is 26.7. The number of nitrogens with zero attached hydrogens (tertiary/aromatic N) is 1. The Morgan fingerprint density at radius 2 is 1.87 bits per heavy atom. The van der Waals surface area contributed by atoms with Crippen LogP contribution in [0.3, 0.4) is 0 Å². The van der Waals surface area contributed by atoms with E-state index >= 15 is 0 Å². The SMILES string of the molecule is Cc1nc(-c2ccc(NC(=O)c3cc(F)ccc3F)cc2)cs1. The van der Waals surface area contributed by atoms with Crippen LogP contribution in [0.1, 0.15) is 15.4 Å². The van der Waals surface area contributed by atoms with Gasteiger partial charge in [0.25, 0.3) is 5.91 Å². The summed E-state index contributed by atoms with van der Waals surface area (Å²) in [4.78, 5) is 16.4. The second-order valence-electron chi connectivity index (χ2n) is 4.91. The molecule has 0 aliphatic heterocycles. The number of aryl methyl sites for hydroxylation is 1. The Hall–Kier alpha value is -2.60. The van der Waals surface area contributed by atoms with Gasteiger partial charge in [-0.25, -0.2) is 13.8 Å². The predicted molar refractivity (Wildman–Crippen MR) is 86.6 cm³/mol. The first-order valence-corrected chi connectivity index (χ1v) is 7.70. The van der Waals surface area contributed by atoms with Gasteiger partial charge in [-0.3, -0.25) is 4.79 Å². The van der Waals surface area contributed by atoms with Crippen LogP contribution in [0.5, 0.6) is 0 Å². The summed E-state index contributed by atoms with van der Waals surface area (Å²) in [6, 6.07) is 9.78. The number of hydrogen-bond donors (Lipinski definition) is 1. The van der Waals surface area contributed by atoms with Gasteiger partial charge in [0.2, 0.25) is 0 Å². The average molecular weight is 330 g/mol. The molecule has 0 fully saturated rings. The monoisotopic (exact) mass is 330 g/mol. The van der Waals surface area contributed by atoms with Crippen LogP contribution in [0.4, 0.5) is 14.5 Å². The molecular weight excluding hydrogens is 318 g/mol. The zero-order valence-electron chi connectivity index (χ0n) is 12.1. The van der Waals surface area contributed by atoms with E-state index in [4.69, 9.17) is 0 Å². The van der Waals surface area contributed by atoms with Gasteiger partial charge in [0.1, 0.15) is 11.6 Å². The summed E-state index contributed by atoms with van der Waals surface area (Å²) in [7, 11) is 0. The smallest absolute Gasteiger partial charge is 0.258 e. The number of amides is 1. The molecule has 0 radical (unpaired) electrons. The molecule has 3 nitrogen and oxygen atoms in total. The second kappa shape index (κ2) is 6.26. The van der Waals surface area contributed by atoms with Crippen LogP contribution in [0.2, 0.25) is 0 Å². The van der Waals surface area contributed by atoms with E-state index < -0.39 is 17.5 Å². The van der Waals surface area contributed by atoms with Crippen LogP contribution in [0, 0.1) is 18.6 Å². The third kappa shape index (κ3) is 3.43. The van der Waals surface area contributed by atoms with Crippen molar-refractivity contribution in [2.45, 2.75) is 6.92 Å². The fourth-order valence-corrected chi connectivity index (χ4v) is 2.71. The number of carbonyl (C=O) groups excluding carboxylic acids is 1. The Morgan fingerprint density at radius 3 is 2.52 bits per heavy atom. The number of halogens is 2. The highest BCUT2D eigenvalue weighted by Gasteiger charge is 2.13. The van der Waals surface area contributed by atoms with Gasteiger partial charge >= 0.3 is 0 Å². The zero-order valence-corrected chi connectivity index (χ0v) is 13.0. The average Bonchev–Trinajstić information content (AvgIpc) is 2.97. The van der Waals surface area contributed by atoms with Gasteiger partial charge in [0, 0.05) is 16.6 Å². The summed E-state index contributed by atoms with van der Waals surface area (Å²) in [5, 5.41) is 5.47. The number of hydrogen-bond acceptors (Lipinski definition) is 3. The summed E-state index contributed by atoms with van der Waals surface area (Å²) >= 11 is 1.56. The van der Waals surface area contributed by atoms with Gasteiger partial charge in [0.15, 0.2) is 0 Å². The lowest BCUT2D eigenvalue weighted by molar-refractivity contribution is 0.102. The molecular formula is C17H12F2N2OS. The van der Waals surface area contributed by atoms with Crippen LogP contribution in [0.25, 0.3) is 11.3 Å². The molecule has 3 rings (SSSR count). The lowest BCUT2D eigenvalue weighted by Gasteiger charge is -2.07. The second-order valence-corrected chi connectivity index (χ2v) is 5.97. The van der Waals surface area contributed by atoms with Gasteiger partial charge in [-0.15, -0.1) is 11.3 Å². The normalized spacial score (nSPS) is 10.6. The number of rotatable bonds is 3. The van der Waals surface area contributed by atoms with Crippen molar-refractivity contribution in [1.82, 2.24) is 4.98 Å². The Bertz CT molecular complexity index is 859. The van der Waals surface area contributed by atoms with Crippen molar-refractivity contribution in [3.8, 4) is 11.3 Å². The van der Waals surface area contributed by atoms with E-state index in [1.54, 1.807) is 23.5 Å². The van der Waals surface area contributed by atoms with E-state index in [2.05, 4.69) is 10.3 Å².